The fourth-order valence-electron chi connectivity index (χ4n) is 2.83. The van der Waals surface area contributed by atoms with E-state index in [2.05, 4.69) is 17.2 Å². The van der Waals surface area contributed by atoms with Crippen molar-refractivity contribution in [2.24, 2.45) is 11.8 Å². The summed E-state index contributed by atoms with van der Waals surface area (Å²) in [5.41, 5.74) is 0.755. The predicted octanol–water partition coefficient (Wildman–Crippen LogP) is 3.54. The van der Waals surface area contributed by atoms with Crippen LogP contribution in [-0.4, -0.2) is 16.5 Å². The number of hydrogen-bond donors (Lipinski definition) is 1. The van der Waals surface area contributed by atoms with E-state index < -0.39 is 0 Å². The number of nitro groups is 1. The molecule has 2 unspecified atom stereocenters. The summed E-state index contributed by atoms with van der Waals surface area (Å²) in [6.07, 6.45) is 6.65. The van der Waals surface area contributed by atoms with E-state index >= 15 is 0 Å². The molecule has 2 rings (SSSR count). The fraction of sp³-hybridized carbons (Fsp3) is 0.643. The first-order chi connectivity index (χ1) is 9.09. The molecule has 5 heteroatoms. The van der Waals surface area contributed by atoms with Gasteiger partial charge in [-0.15, -0.1) is 0 Å². The van der Waals surface area contributed by atoms with Crippen LogP contribution >= 0.6 is 0 Å². The van der Waals surface area contributed by atoms with Crippen LogP contribution in [0.4, 0.5) is 11.5 Å². The molecular formula is C14H21N3O2. The van der Waals surface area contributed by atoms with Crippen molar-refractivity contribution < 1.29 is 4.92 Å². The van der Waals surface area contributed by atoms with Crippen molar-refractivity contribution in [1.29, 1.82) is 0 Å². The average molecular weight is 263 g/mol. The van der Waals surface area contributed by atoms with Crippen LogP contribution in [0.1, 0.15) is 38.2 Å². The van der Waals surface area contributed by atoms with Crippen LogP contribution in [-0.2, 0) is 0 Å². The lowest BCUT2D eigenvalue weighted by Crippen LogP contribution is -2.25. The van der Waals surface area contributed by atoms with Crippen molar-refractivity contribution in [3.63, 3.8) is 0 Å². The summed E-state index contributed by atoms with van der Waals surface area (Å²) in [6, 6.07) is 1.67. The second-order valence-corrected chi connectivity index (χ2v) is 5.48. The van der Waals surface area contributed by atoms with Crippen molar-refractivity contribution in [3.8, 4) is 0 Å². The van der Waals surface area contributed by atoms with Crippen molar-refractivity contribution in [2.75, 3.05) is 11.9 Å². The lowest BCUT2D eigenvalue weighted by molar-refractivity contribution is -0.384. The van der Waals surface area contributed by atoms with Gasteiger partial charge in [0.05, 0.1) is 4.92 Å². The maximum absolute atomic E-state index is 11.1. The van der Waals surface area contributed by atoms with Crippen LogP contribution in [0, 0.1) is 28.9 Å². The lowest BCUT2D eigenvalue weighted by Gasteiger charge is -2.28. The standard InChI is InChI=1S/C14H21N3O2/c1-10-5-3-4-6-12(10)9-16-14-13(17(18)19)11(2)7-8-15-14/h7-8,10,12H,3-6,9H2,1-2H3,(H,15,16). The molecule has 1 aliphatic carbocycles. The minimum atomic E-state index is -0.352. The molecule has 0 amide bonds. The van der Waals surface area contributed by atoms with Crippen LogP contribution in [0.2, 0.25) is 0 Å². The van der Waals surface area contributed by atoms with E-state index in [4.69, 9.17) is 0 Å². The topological polar surface area (TPSA) is 68.1 Å². The summed E-state index contributed by atoms with van der Waals surface area (Å²) in [4.78, 5) is 14.8. The van der Waals surface area contributed by atoms with Gasteiger partial charge in [-0.2, -0.15) is 0 Å². The third-order valence-corrected chi connectivity index (χ3v) is 4.13. The summed E-state index contributed by atoms with van der Waals surface area (Å²) in [5, 5.41) is 14.3. The second-order valence-electron chi connectivity index (χ2n) is 5.48. The Balaban J connectivity index is 2.07. The molecule has 0 aliphatic heterocycles. The fourth-order valence-corrected chi connectivity index (χ4v) is 2.83. The highest BCUT2D eigenvalue weighted by Crippen LogP contribution is 2.31. The minimum absolute atomic E-state index is 0.103. The first kappa shape index (κ1) is 13.8. The Kier molecular flexibility index (Phi) is 4.35. The molecule has 1 N–H and O–H groups in total. The summed E-state index contributed by atoms with van der Waals surface area (Å²) in [7, 11) is 0. The number of nitrogens with one attached hydrogen (secondary N) is 1. The van der Waals surface area contributed by atoms with Crippen molar-refractivity contribution in [2.45, 2.75) is 39.5 Å². The molecule has 1 fully saturated rings. The van der Waals surface area contributed by atoms with Crippen molar-refractivity contribution in [3.05, 3.63) is 27.9 Å². The molecule has 1 saturated carbocycles. The SMILES string of the molecule is Cc1ccnc(NCC2CCCCC2C)c1[N+](=O)[O-]. The molecule has 1 heterocycles. The van der Waals surface area contributed by atoms with Gasteiger partial charge in [-0.05, 0) is 31.2 Å². The molecule has 0 aromatic carbocycles. The van der Waals surface area contributed by atoms with E-state index in [0.29, 0.717) is 23.2 Å². The maximum atomic E-state index is 11.1. The van der Waals surface area contributed by atoms with Gasteiger partial charge in [0.25, 0.3) is 0 Å². The minimum Gasteiger partial charge on any atom is -0.364 e. The van der Waals surface area contributed by atoms with Gasteiger partial charge in [-0.25, -0.2) is 4.98 Å². The molecule has 1 aliphatic rings. The molecule has 0 spiro atoms. The zero-order valence-electron chi connectivity index (χ0n) is 11.6. The number of anilines is 1. The van der Waals surface area contributed by atoms with Gasteiger partial charge >= 0.3 is 5.69 Å². The molecule has 104 valence electrons. The Morgan fingerprint density at radius 1 is 1.47 bits per heavy atom. The number of rotatable bonds is 4. The molecular weight excluding hydrogens is 242 g/mol. The van der Waals surface area contributed by atoms with Gasteiger partial charge in [0, 0.05) is 18.3 Å². The second kappa shape index (κ2) is 5.99. The molecule has 0 bridgehead atoms. The number of pyridine rings is 1. The summed E-state index contributed by atoms with van der Waals surface area (Å²) >= 11 is 0. The predicted molar refractivity (Wildman–Crippen MR) is 75.2 cm³/mol. The van der Waals surface area contributed by atoms with E-state index in [0.717, 1.165) is 6.54 Å². The number of aromatic nitrogens is 1. The van der Waals surface area contributed by atoms with Crippen LogP contribution in [0.3, 0.4) is 0 Å². The van der Waals surface area contributed by atoms with Crippen molar-refractivity contribution >= 4 is 11.5 Å². The van der Waals surface area contributed by atoms with Gasteiger partial charge in [0.15, 0.2) is 0 Å². The van der Waals surface area contributed by atoms with Gasteiger partial charge < -0.3 is 5.32 Å². The molecule has 1 aromatic rings. The highest BCUT2D eigenvalue weighted by Gasteiger charge is 2.23. The van der Waals surface area contributed by atoms with Crippen molar-refractivity contribution in [1.82, 2.24) is 4.98 Å². The van der Waals surface area contributed by atoms with Gasteiger partial charge in [-0.3, -0.25) is 10.1 Å². The number of nitrogens with zero attached hydrogens (tertiary/aromatic N) is 2. The largest absolute Gasteiger partial charge is 0.364 e. The molecule has 2 atom stereocenters. The third kappa shape index (κ3) is 3.22. The first-order valence-corrected chi connectivity index (χ1v) is 6.93. The van der Waals surface area contributed by atoms with Gasteiger partial charge in [-0.1, -0.05) is 26.2 Å². The van der Waals surface area contributed by atoms with Crippen LogP contribution < -0.4 is 5.32 Å². The molecule has 5 nitrogen and oxygen atoms in total. The quantitative estimate of drug-likeness (QED) is 0.666. The number of aryl methyl sites for hydroxylation is 1. The molecule has 0 saturated heterocycles. The zero-order chi connectivity index (χ0) is 13.8. The van der Waals surface area contributed by atoms with E-state index in [9.17, 15) is 10.1 Å². The lowest BCUT2D eigenvalue weighted by atomic mass is 9.80. The monoisotopic (exact) mass is 263 g/mol. The van der Waals surface area contributed by atoms with E-state index in [1.165, 1.54) is 25.7 Å². The Morgan fingerprint density at radius 2 is 2.21 bits per heavy atom. The normalized spacial score (nSPS) is 23.1. The molecule has 0 radical (unpaired) electrons. The highest BCUT2D eigenvalue weighted by atomic mass is 16.6. The Bertz CT molecular complexity index is 462. The van der Waals surface area contributed by atoms with Gasteiger partial charge in [0.1, 0.15) is 0 Å². The van der Waals surface area contributed by atoms with E-state index in [1.54, 1.807) is 19.2 Å². The van der Waals surface area contributed by atoms with E-state index in [-0.39, 0.29) is 10.6 Å². The third-order valence-electron chi connectivity index (χ3n) is 4.13. The van der Waals surface area contributed by atoms with Crippen LogP contribution in [0.5, 0.6) is 0 Å². The van der Waals surface area contributed by atoms with E-state index in [1.807, 2.05) is 0 Å². The molecule has 19 heavy (non-hydrogen) atoms. The Labute approximate surface area is 113 Å². The number of hydrogen-bond acceptors (Lipinski definition) is 4. The molecule has 1 aromatic heterocycles. The smallest absolute Gasteiger partial charge is 0.314 e. The van der Waals surface area contributed by atoms with Crippen LogP contribution in [0.15, 0.2) is 12.3 Å². The zero-order valence-corrected chi connectivity index (χ0v) is 11.6. The summed E-state index contributed by atoms with van der Waals surface area (Å²) in [6.45, 7) is 4.79. The van der Waals surface area contributed by atoms with Gasteiger partial charge in [0.2, 0.25) is 5.82 Å². The Morgan fingerprint density at radius 3 is 2.89 bits per heavy atom. The first-order valence-electron chi connectivity index (χ1n) is 6.93. The van der Waals surface area contributed by atoms with Crippen LogP contribution in [0.25, 0.3) is 0 Å². The average Bonchev–Trinajstić information content (AvgIpc) is 2.37. The maximum Gasteiger partial charge on any atom is 0.314 e. The highest BCUT2D eigenvalue weighted by molar-refractivity contribution is 5.59. The summed E-state index contributed by atoms with van der Waals surface area (Å²) in [5.74, 6) is 1.68. The Hall–Kier alpha value is -1.65. The summed E-state index contributed by atoms with van der Waals surface area (Å²) < 4.78 is 0.